The van der Waals surface area contributed by atoms with Gasteiger partial charge < -0.3 is 15.4 Å². The third kappa shape index (κ3) is 3.97. The Kier molecular flexibility index (Phi) is 4.77. The molecule has 6 heteroatoms. The Morgan fingerprint density at radius 3 is 3.05 bits per heavy atom. The van der Waals surface area contributed by atoms with Crippen LogP contribution >= 0.6 is 0 Å². The Hall–Kier alpha value is -2.05. The topological polar surface area (TPSA) is 80.3 Å². The number of hydrogen-bond acceptors (Lipinski definition) is 5. The Balaban J connectivity index is 2.02. The van der Waals surface area contributed by atoms with Crippen LogP contribution in [0, 0.1) is 0 Å². The van der Waals surface area contributed by atoms with Gasteiger partial charge in [-0.15, -0.1) is 0 Å². The number of pyridine rings is 1. The van der Waals surface area contributed by atoms with Gasteiger partial charge in [0.05, 0.1) is 17.9 Å². The number of nitrogens with one attached hydrogen (secondary N) is 2. The molecular weight excluding hydrogens is 246 g/mol. The van der Waals surface area contributed by atoms with Crippen molar-refractivity contribution in [3.05, 3.63) is 35.7 Å². The van der Waals surface area contributed by atoms with Crippen molar-refractivity contribution in [3.8, 4) is 0 Å². The lowest BCUT2D eigenvalue weighted by atomic mass is 10.2. The van der Waals surface area contributed by atoms with E-state index in [0.29, 0.717) is 25.1 Å². The van der Waals surface area contributed by atoms with Gasteiger partial charge >= 0.3 is 0 Å². The molecule has 6 nitrogen and oxygen atoms in total. The van der Waals surface area contributed by atoms with Gasteiger partial charge in [-0.05, 0) is 18.2 Å². The van der Waals surface area contributed by atoms with Crippen molar-refractivity contribution >= 4 is 18.3 Å². The zero-order valence-electron chi connectivity index (χ0n) is 10.3. The maximum Gasteiger partial charge on any atom is 0.256 e. The second-order valence-electron chi connectivity index (χ2n) is 4.01. The molecule has 0 spiro atoms. The minimum atomic E-state index is -0.464. The highest BCUT2D eigenvalue weighted by Crippen LogP contribution is 2.03. The van der Waals surface area contributed by atoms with Crippen LogP contribution in [0.4, 0.5) is 0 Å². The van der Waals surface area contributed by atoms with Crippen molar-refractivity contribution < 1.29 is 14.3 Å². The van der Waals surface area contributed by atoms with Gasteiger partial charge in [0, 0.05) is 19.3 Å². The fourth-order valence-electron chi connectivity index (χ4n) is 1.66. The minimum Gasteiger partial charge on any atom is -0.356 e. The number of morpholine rings is 1. The maximum atomic E-state index is 11.9. The minimum absolute atomic E-state index is 0.0212. The SMILES string of the molecule is O=C/C(=C\c1ccccn1)C(=O)NC1CNCCO1. The van der Waals surface area contributed by atoms with E-state index in [0.717, 1.165) is 6.54 Å². The number of hydrogen-bond donors (Lipinski definition) is 2. The van der Waals surface area contributed by atoms with E-state index in [1.807, 2.05) is 0 Å². The second-order valence-corrected chi connectivity index (χ2v) is 4.01. The number of rotatable bonds is 4. The summed E-state index contributed by atoms with van der Waals surface area (Å²) in [6, 6.07) is 5.27. The average molecular weight is 261 g/mol. The van der Waals surface area contributed by atoms with Gasteiger partial charge in [-0.25, -0.2) is 0 Å². The molecule has 100 valence electrons. The van der Waals surface area contributed by atoms with Crippen molar-refractivity contribution in [1.82, 2.24) is 15.6 Å². The Bertz CT molecular complexity index is 467. The fourth-order valence-corrected chi connectivity index (χ4v) is 1.66. The molecule has 2 N–H and O–H groups in total. The number of amides is 1. The van der Waals surface area contributed by atoms with Crippen molar-refractivity contribution in [2.45, 2.75) is 6.23 Å². The molecule has 0 saturated carbocycles. The highest BCUT2D eigenvalue weighted by Gasteiger charge is 2.18. The lowest BCUT2D eigenvalue weighted by molar-refractivity contribution is -0.123. The summed E-state index contributed by atoms with van der Waals surface area (Å²) in [5.41, 5.74) is 0.579. The summed E-state index contributed by atoms with van der Waals surface area (Å²) in [6.07, 6.45) is 3.15. The van der Waals surface area contributed by atoms with E-state index in [1.165, 1.54) is 6.08 Å². The molecule has 1 atom stereocenters. The number of carbonyl (C=O) groups excluding carboxylic acids is 2. The number of ether oxygens (including phenoxy) is 1. The van der Waals surface area contributed by atoms with E-state index < -0.39 is 12.1 Å². The van der Waals surface area contributed by atoms with Crippen molar-refractivity contribution in [3.63, 3.8) is 0 Å². The van der Waals surface area contributed by atoms with Crippen LogP contribution in [0.5, 0.6) is 0 Å². The third-order valence-corrected chi connectivity index (χ3v) is 2.60. The van der Waals surface area contributed by atoms with E-state index in [4.69, 9.17) is 4.74 Å². The first kappa shape index (κ1) is 13.4. The molecule has 1 aliphatic heterocycles. The predicted octanol–water partition coefficient (Wildman–Crippen LogP) is -0.274. The zero-order valence-corrected chi connectivity index (χ0v) is 10.3. The standard InChI is InChI=1S/C13H15N3O3/c17-9-10(7-11-3-1-2-4-15-11)13(18)16-12-8-14-5-6-19-12/h1-4,7,9,12,14H,5-6,8H2,(H,16,18)/b10-7+. The van der Waals surface area contributed by atoms with Crippen LogP contribution in [0.1, 0.15) is 5.69 Å². The van der Waals surface area contributed by atoms with E-state index in [2.05, 4.69) is 15.6 Å². The summed E-state index contributed by atoms with van der Waals surface area (Å²) in [5, 5.41) is 5.73. The number of aromatic nitrogens is 1. The van der Waals surface area contributed by atoms with Crippen LogP contribution in [0.3, 0.4) is 0 Å². The molecular formula is C13H15N3O3. The predicted molar refractivity (Wildman–Crippen MR) is 69.0 cm³/mol. The lowest BCUT2D eigenvalue weighted by Gasteiger charge is -2.24. The van der Waals surface area contributed by atoms with Crippen LogP contribution in [0.25, 0.3) is 6.08 Å². The first-order chi connectivity index (χ1) is 9.29. The summed E-state index contributed by atoms with van der Waals surface area (Å²) in [4.78, 5) is 26.9. The molecule has 0 aromatic carbocycles. The third-order valence-electron chi connectivity index (χ3n) is 2.60. The molecule has 1 unspecified atom stereocenters. The molecule has 0 aliphatic carbocycles. The lowest BCUT2D eigenvalue weighted by Crippen LogP contribution is -2.49. The smallest absolute Gasteiger partial charge is 0.256 e. The fraction of sp³-hybridized carbons (Fsp3) is 0.308. The molecule has 1 aliphatic rings. The van der Waals surface area contributed by atoms with Crippen LogP contribution in [-0.2, 0) is 14.3 Å². The van der Waals surface area contributed by atoms with Gasteiger partial charge in [0.25, 0.3) is 5.91 Å². The van der Waals surface area contributed by atoms with Crippen LogP contribution in [-0.4, -0.2) is 43.1 Å². The average Bonchev–Trinajstić information content (AvgIpc) is 2.47. The van der Waals surface area contributed by atoms with Gasteiger partial charge in [0.15, 0.2) is 6.29 Å². The number of nitrogens with zero attached hydrogens (tertiary/aromatic N) is 1. The van der Waals surface area contributed by atoms with Crippen molar-refractivity contribution in [1.29, 1.82) is 0 Å². The second kappa shape index (κ2) is 6.77. The van der Waals surface area contributed by atoms with Crippen molar-refractivity contribution in [2.75, 3.05) is 19.7 Å². The zero-order chi connectivity index (χ0) is 13.5. The largest absolute Gasteiger partial charge is 0.356 e. The van der Waals surface area contributed by atoms with Gasteiger partial charge in [-0.1, -0.05) is 6.07 Å². The first-order valence-electron chi connectivity index (χ1n) is 6.00. The molecule has 1 fully saturated rings. The highest BCUT2D eigenvalue weighted by molar-refractivity contribution is 6.14. The number of carbonyl (C=O) groups is 2. The molecule has 2 rings (SSSR count). The summed E-state index contributed by atoms with van der Waals surface area (Å²) in [7, 11) is 0. The van der Waals surface area contributed by atoms with Gasteiger partial charge in [-0.3, -0.25) is 14.6 Å². The maximum absolute atomic E-state index is 11.9. The summed E-state index contributed by atoms with van der Waals surface area (Å²) >= 11 is 0. The van der Waals surface area contributed by atoms with E-state index in [-0.39, 0.29) is 5.57 Å². The van der Waals surface area contributed by atoms with Crippen LogP contribution in [0.15, 0.2) is 30.0 Å². The van der Waals surface area contributed by atoms with Gasteiger partial charge in [0.1, 0.15) is 6.23 Å². The van der Waals surface area contributed by atoms with Gasteiger partial charge in [-0.2, -0.15) is 0 Å². The van der Waals surface area contributed by atoms with Crippen LogP contribution in [0.2, 0.25) is 0 Å². The number of aldehydes is 1. The molecule has 2 heterocycles. The Labute approximate surface area is 110 Å². The molecule has 1 amide bonds. The molecule has 1 saturated heterocycles. The summed E-state index contributed by atoms with van der Waals surface area (Å²) < 4.78 is 5.34. The van der Waals surface area contributed by atoms with E-state index in [1.54, 1.807) is 24.4 Å². The molecule has 0 bridgehead atoms. The molecule has 19 heavy (non-hydrogen) atoms. The normalized spacial score (nSPS) is 19.8. The molecule has 1 aromatic heterocycles. The molecule has 0 radical (unpaired) electrons. The molecule has 1 aromatic rings. The highest BCUT2D eigenvalue weighted by atomic mass is 16.5. The van der Waals surface area contributed by atoms with E-state index >= 15 is 0 Å². The Morgan fingerprint density at radius 2 is 2.42 bits per heavy atom. The van der Waals surface area contributed by atoms with Gasteiger partial charge in [0.2, 0.25) is 0 Å². The quantitative estimate of drug-likeness (QED) is 0.337. The monoisotopic (exact) mass is 261 g/mol. The van der Waals surface area contributed by atoms with E-state index in [9.17, 15) is 9.59 Å². The Morgan fingerprint density at radius 1 is 1.53 bits per heavy atom. The van der Waals surface area contributed by atoms with Crippen molar-refractivity contribution in [2.24, 2.45) is 0 Å². The summed E-state index contributed by atoms with van der Waals surface area (Å²) in [6.45, 7) is 1.82. The summed E-state index contributed by atoms with van der Waals surface area (Å²) in [5.74, 6) is -0.464. The van der Waals surface area contributed by atoms with Crippen LogP contribution < -0.4 is 10.6 Å². The first-order valence-corrected chi connectivity index (χ1v) is 6.00.